The summed E-state index contributed by atoms with van der Waals surface area (Å²) in [6.07, 6.45) is 4.55. The van der Waals surface area contributed by atoms with Crippen molar-refractivity contribution in [3.05, 3.63) is 0 Å². The normalized spacial score (nSPS) is 28.4. The molecule has 2 atom stereocenters. The van der Waals surface area contributed by atoms with Crippen molar-refractivity contribution < 1.29 is 4.74 Å². The molecule has 4 nitrogen and oxygen atoms in total. The van der Waals surface area contributed by atoms with Gasteiger partial charge in [-0.15, -0.1) is 0 Å². The smallest absolute Gasteiger partial charge is 0.0826 e. The highest BCUT2D eigenvalue weighted by atomic mass is 16.5. The summed E-state index contributed by atoms with van der Waals surface area (Å²) in [5, 5.41) is 3.60. The van der Waals surface area contributed by atoms with Gasteiger partial charge in [0.15, 0.2) is 0 Å². The van der Waals surface area contributed by atoms with Crippen LogP contribution in [0.4, 0.5) is 0 Å². The van der Waals surface area contributed by atoms with Crippen molar-refractivity contribution in [3.8, 4) is 0 Å². The lowest BCUT2D eigenvalue weighted by Crippen LogP contribution is -2.49. The van der Waals surface area contributed by atoms with Gasteiger partial charge in [-0.1, -0.05) is 13.3 Å². The molecule has 0 saturated carbocycles. The van der Waals surface area contributed by atoms with Crippen molar-refractivity contribution in [1.82, 2.24) is 15.1 Å². The topological polar surface area (TPSA) is 27.7 Å². The molecule has 0 radical (unpaired) electrons. The summed E-state index contributed by atoms with van der Waals surface area (Å²) in [7, 11) is 0. The van der Waals surface area contributed by atoms with Crippen LogP contribution in [0.5, 0.6) is 0 Å². The van der Waals surface area contributed by atoms with E-state index in [4.69, 9.17) is 4.74 Å². The Bertz CT molecular complexity index is 242. The first-order valence-electron chi connectivity index (χ1n) is 8.08. The number of likely N-dealkylation sites (tertiary alicyclic amines) is 1. The second-order valence-electron chi connectivity index (χ2n) is 5.99. The minimum Gasteiger partial charge on any atom is -0.374 e. The lowest BCUT2D eigenvalue weighted by atomic mass is 10.1. The average Bonchev–Trinajstić information content (AvgIpc) is 2.48. The molecular weight excluding hydrogens is 238 g/mol. The highest BCUT2D eigenvalue weighted by molar-refractivity contribution is 4.76. The lowest BCUT2D eigenvalue weighted by Gasteiger charge is -2.34. The van der Waals surface area contributed by atoms with E-state index in [9.17, 15) is 0 Å². The Labute approximate surface area is 118 Å². The first kappa shape index (κ1) is 15.2. The van der Waals surface area contributed by atoms with E-state index in [0.717, 1.165) is 39.3 Å². The Morgan fingerprint density at radius 2 is 2.00 bits per heavy atom. The van der Waals surface area contributed by atoms with Gasteiger partial charge in [-0.25, -0.2) is 0 Å². The maximum atomic E-state index is 5.82. The zero-order valence-corrected chi connectivity index (χ0v) is 12.7. The molecule has 0 amide bonds. The highest BCUT2D eigenvalue weighted by Crippen LogP contribution is 2.11. The van der Waals surface area contributed by atoms with Gasteiger partial charge in [0.25, 0.3) is 0 Å². The van der Waals surface area contributed by atoms with Gasteiger partial charge in [0, 0.05) is 32.2 Å². The molecule has 0 aromatic heterocycles. The Kier molecular flexibility index (Phi) is 6.57. The Hall–Kier alpha value is -0.160. The van der Waals surface area contributed by atoms with Gasteiger partial charge in [-0.2, -0.15) is 0 Å². The largest absolute Gasteiger partial charge is 0.374 e. The fraction of sp³-hybridized carbons (Fsp3) is 1.00. The molecule has 0 aromatic carbocycles. The fourth-order valence-electron chi connectivity index (χ4n) is 3.13. The molecule has 0 spiro atoms. The van der Waals surface area contributed by atoms with Crippen molar-refractivity contribution >= 4 is 0 Å². The van der Waals surface area contributed by atoms with Crippen LogP contribution in [0.3, 0.4) is 0 Å². The second kappa shape index (κ2) is 8.20. The zero-order chi connectivity index (χ0) is 13.5. The minimum absolute atomic E-state index is 0.377. The summed E-state index contributed by atoms with van der Waals surface area (Å²) >= 11 is 0. The number of nitrogens with zero attached hydrogens (tertiary/aromatic N) is 2. The molecule has 0 bridgehead atoms. The molecule has 2 heterocycles. The molecule has 2 rings (SSSR count). The summed E-state index contributed by atoms with van der Waals surface area (Å²) in [6, 6.07) is 0.658. The van der Waals surface area contributed by atoms with Crippen LogP contribution in [0, 0.1) is 0 Å². The van der Waals surface area contributed by atoms with Crippen molar-refractivity contribution in [2.24, 2.45) is 0 Å². The average molecular weight is 269 g/mol. The van der Waals surface area contributed by atoms with E-state index in [0.29, 0.717) is 12.1 Å². The maximum absolute atomic E-state index is 5.82. The van der Waals surface area contributed by atoms with E-state index in [-0.39, 0.29) is 0 Å². The number of rotatable bonds is 6. The summed E-state index contributed by atoms with van der Waals surface area (Å²) < 4.78 is 5.82. The summed E-state index contributed by atoms with van der Waals surface area (Å²) in [5.74, 6) is 0. The zero-order valence-electron chi connectivity index (χ0n) is 12.7. The molecule has 2 saturated heterocycles. The summed E-state index contributed by atoms with van der Waals surface area (Å²) in [5.41, 5.74) is 0. The van der Waals surface area contributed by atoms with Gasteiger partial charge < -0.3 is 10.1 Å². The number of likely N-dealkylation sites (N-methyl/N-ethyl adjacent to an activating group) is 1. The van der Waals surface area contributed by atoms with Crippen LogP contribution in [0.1, 0.15) is 33.1 Å². The van der Waals surface area contributed by atoms with Gasteiger partial charge in [-0.05, 0) is 39.4 Å². The molecular formula is C15H31N3O. The predicted molar refractivity (Wildman–Crippen MR) is 79.6 cm³/mol. The number of nitrogens with one attached hydrogen (secondary N) is 1. The van der Waals surface area contributed by atoms with E-state index in [1.807, 2.05) is 0 Å². The fourth-order valence-corrected chi connectivity index (χ4v) is 3.13. The molecule has 4 heteroatoms. The number of hydrogen-bond acceptors (Lipinski definition) is 4. The number of hydrogen-bond donors (Lipinski definition) is 1. The van der Waals surface area contributed by atoms with Crippen molar-refractivity contribution in [2.75, 3.05) is 52.4 Å². The molecule has 2 aliphatic heterocycles. The molecule has 2 unspecified atom stereocenters. The SMILES string of the molecule is CCN1CCOC(CNCC(C)N2CCCCC2)C1. The number of ether oxygens (including phenoxy) is 1. The second-order valence-corrected chi connectivity index (χ2v) is 5.99. The van der Waals surface area contributed by atoms with Crippen LogP contribution in [-0.2, 0) is 4.74 Å². The minimum atomic E-state index is 0.377. The van der Waals surface area contributed by atoms with E-state index < -0.39 is 0 Å². The van der Waals surface area contributed by atoms with Crippen molar-refractivity contribution in [1.29, 1.82) is 0 Å². The Morgan fingerprint density at radius 3 is 2.74 bits per heavy atom. The van der Waals surface area contributed by atoms with Crippen molar-refractivity contribution in [2.45, 2.75) is 45.3 Å². The molecule has 2 fully saturated rings. The maximum Gasteiger partial charge on any atom is 0.0826 e. The first-order valence-corrected chi connectivity index (χ1v) is 8.08. The first-order chi connectivity index (χ1) is 9.29. The van der Waals surface area contributed by atoms with Gasteiger partial charge in [0.1, 0.15) is 0 Å². The monoisotopic (exact) mass is 269 g/mol. The Morgan fingerprint density at radius 1 is 1.21 bits per heavy atom. The van der Waals surface area contributed by atoms with Gasteiger partial charge in [0.05, 0.1) is 12.7 Å². The number of piperidine rings is 1. The third-order valence-electron chi connectivity index (χ3n) is 4.50. The van der Waals surface area contributed by atoms with Gasteiger partial charge in [0.2, 0.25) is 0 Å². The Balaban J connectivity index is 1.60. The number of morpholine rings is 1. The molecule has 0 aromatic rings. The van der Waals surface area contributed by atoms with Crippen LogP contribution >= 0.6 is 0 Å². The van der Waals surface area contributed by atoms with Gasteiger partial charge in [-0.3, -0.25) is 9.80 Å². The quantitative estimate of drug-likeness (QED) is 0.783. The molecule has 0 aliphatic carbocycles. The van der Waals surface area contributed by atoms with Crippen LogP contribution in [0.15, 0.2) is 0 Å². The predicted octanol–water partition coefficient (Wildman–Crippen LogP) is 1.17. The van der Waals surface area contributed by atoms with E-state index in [1.54, 1.807) is 0 Å². The van der Waals surface area contributed by atoms with Crippen LogP contribution < -0.4 is 5.32 Å². The lowest BCUT2D eigenvalue weighted by molar-refractivity contribution is -0.0257. The van der Waals surface area contributed by atoms with Crippen LogP contribution in [0.25, 0.3) is 0 Å². The van der Waals surface area contributed by atoms with E-state index in [1.165, 1.54) is 32.4 Å². The standard InChI is InChI=1S/C15H31N3O/c1-3-17-9-10-19-15(13-17)12-16-11-14(2)18-7-5-4-6-8-18/h14-16H,3-13H2,1-2H3. The summed E-state index contributed by atoms with van der Waals surface area (Å²) in [4.78, 5) is 5.10. The molecule has 2 aliphatic rings. The van der Waals surface area contributed by atoms with Crippen LogP contribution in [-0.4, -0.2) is 74.4 Å². The van der Waals surface area contributed by atoms with Crippen LogP contribution in [0.2, 0.25) is 0 Å². The van der Waals surface area contributed by atoms with Gasteiger partial charge >= 0.3 is 0 Å². The third-order valence-corrected chi connectivity index (χ3v) is 4.50. The van der Waals surface area contributed by atoms with Crippen molar-refractivity contribution in [3.63, 3.8) is 0 Å². The van der Waals surface area contributed by atoms with E-state index >= 15 is 0 Å². The molecule has 112 valence electrons. The van der Waals surface area contributed by atoms with E-state index in [2.05, 4.69) is 29.0 Å². The molecule has 1 N–H and O–H groups in total. The molecule has 19 heavy (non-hydrogen) atoms. The third kappa shape index (κ3) is 5.03. The summed E-state index contributed by atoms with van der Waals surface area (Å²) in [6.45, 7) is 13.4. The highest BCUT2D eigenvalue weighted by Gasteiger charge is 2.20.